The van der Waals surface area contributed by atoms with Crippen LogP contribution in [0.15, 0.2) is 12.7 Å². The summed E-state index contributed by atoms with van der Waals surface area (Å²) in [6.07, 6.45) is -7.02. The van der Waals surface area contributed by atoms with Crippen molar-refractivity contribution in [1.82, 2.24) is 0 Å². The first-order valence-electron chi connectivity index (χ1n) is 4.67. The van der Waals surface area contributed by atoms with Gasteiger partial charge in [-0.05, 0) is 0 Å². The van der Waals surface area contributed by atoms with Gasteiger partial charge in [0.25, 0.3) is 0 Å². The molecule has 0 radical (unpaired) electrons. The Balaban J connectivity index is 2.73. The highest BCUT2D eigenvalue weighted by Gasteiger charge is 2.75. The van der Waals surface area contributed by atoms with Crippen LogP contribution in [0.3, 0.4) is 0 Å². The molecule has 17 heavy (non-hydrogen) atoms. The summed E-state index contributed by atoms with van der Waals surface area (Å²) >= 11 is 0. The summed E-state index contributed by atoms with van der Waals surface area (Å²) in [6.45, 7) is 2.80. The molecule has 1 rings (SSSR count). The molecule has 1 aliphatic rings. The van der Waals surface area contributed by atoms with Gasteiger partial charge in [-0.25, -0.2) is 8.78 Å². The molecule has 0 spiro atoms. The van der Waals surface area contributed by atoms with E-state index in [9.17, 15) is 22.0 Å². The van der Waals surface area contributed by atoms with E-state index in [2.05, 4.69) is 11.3 Å². The number of hydrogen-bond donors (Lipinski definition) is 1. The van der Waals surface area contributed by atoms with Crippen molar-refractivity contribution in [1.29, 1.82) is 0 Å². The van der Waals surface area contributed by atoms with Crippen LogP contribution in [0.1, 0.15) is 6.42 Å². The Morgan fingerprint density at radius 1 is 1.47 bits per heavy atom. The van der Waals surface area contributed by atoms with Crippen molar-refractivity contribution >= 4 is 0 Å². The molecular formula is C9H11F5O3. The first kappa shape index (κ1) is 14.3. The lowest BCUT2D eigenvalue weighted by atomic mass is 10.1. The Kier molecular flexibility index (Phi) is 3.80. The van der Waals surface area contributed by atoms with Crippen LogP contribution in [-0.2, 0) is 9.47 Å². The summed E-state index contributed by atoms with van der Waals surface area (Å²) in [4.78, 5) is 0. The smallest absolute Gasteiger partial charge is 0.375 e. The van der Waals surface area contributed by atoms with Gasteiger partial charge in [-0.1, -0.05) is 6.08 Å². The third kappa shape index (κ3) is 2.58. The van der Waals surface area contributed by atoms with E-state index in [1.807, 2.05) is 0 Å². The predicted octanol–water partition coefficient (Wildman–Crippen LogP) is 1.86. The summed E-state index contributed by atoms with van der Waals surface area (Å²) in [5, 5.41) is 8.91. The number of ether oxygens (including phenoxy) is 2. The van der Waals surface area contributed by atoms with Crippen molar-refractivity contribution in [2.75, 3.05) is 13.2 Å². The topological polar surface area (TPSA) is 38.7 Å². The Morgan fingerprint density at radius 3 is 2.47 bits per heavy atom. The lowest BCUT2D eigenvalue weighted by Gasteiger charge is -2.29. The number of hydrogen-bond acceptors (Lipinski definition) is 3. The van der Waals surface area contributed by atoms with Gasteiger partial charge in [0.2, 0.25) is 0 Å². The second kappa shape index (κ2) is 4.51. The normalized spacial score (nSPS) is 32.7. The van der Waals surface area contributed by atoms with Gasteiger partial charge in [0.05, 0.1) is 19.3 Å². The summed E-state index contributed by atoms with van der Waals surface area (Å²) in [6, 6.07) is 0. The number of rotatable bonds is 4. The lowest BCUT2D eigenvalue weighted by Crippen LogP contribution is -2.56. The molecule has 1 N–H and O–H groups in total. The van der Waals surface area contributed by atoms with Crippen LogP contribution in [0, 0.1) is 0 Å². The van der Waals surface area contributed by atoms with E-state index < -0.39 is 37.0 Å². The van der Waals surface area contributed by atoms with Crippen molar-refractivity contribution in [2.24, 2.45) is 0 Å². The van der Waals surface area contributed by atoms with E-state index in [0.29, 0.717) is 0 Å². The molecule has 0 aromatic carbocycles. The van der Waals surface area contributed by atoms with Crippen molar-refractivity contribution in [2.45, 2.75) is 30.4 Å². The number of alkyl halides is 5. The molecule has 0 bridgehead atoms. The average molecular weight is 262 g/mol. The van der Waals surface area contributed by atoms with Crippen molar-refractivity contribution < 1.29 is 36.5 Å². The zero-order valence-electron chi connectivity index (χ0n) is 8.64. The fourth-order valence-corrected chi connectivity index (χ4v) is 1.44. The molecule has 1 aliphatic heterocycles. The molecular weight excluding hydrogens is 251 g/mol. The van der Waals surface area contributed by atoms with Crippen molar-refractivity contribution in [3.63, 3.8) is 0 Å². The van der Waals surface area contributed by atoms with E-state index in [4.69, 9.17) is 9.84 Å². The van der Waals surface area contributed by atoms with Gasteiger partial charge in [-0.15, -0.1) is 6.58 Å². The predicted molar refractivity (Wildman–Crippen MR) is 46.5 cm³/mol. The monoisotopic (exact) mass is 262 g/mol. The zero-order valence-corrected chi connectivity index (χ0v) is 8.64. The maximum atomic E-state index is 13.1. The fraction of sp³-hybridized carbons (Fsp3) is 0.778. The molecule has 100 valence electrons. The summed E-state index contributed by atoms with van der Waals surface area (Å²) < 4.78 is 71.7. The molecule has 0 saturated carbocycles. The molecule has 1 heterocycles. The Bertz CT molecular complexity index is 291. The van der Waals surface area contributed by atoms with Crippen LogP contribution in [0.25, 0.3) is 0 Å². The molecule has 1 saturated heterocycles. The number of aliphatic hydroxyl groups is 1. The lowest BCUT2D eigenvalue weighted by molar-refractivity contribution is -0.407. The molecule has 0 aromatic heterocycles. The minimum atomic E-state index is -5.57. The van der Waals surface area contributed by atoms with Crippen LogP contribution in [0.5, 0.6) is 0 Å². The Morgan fingerprint density at radius 2 is 2.06 bits per heavy atom. The van der Waals surface area contributed by atoms with Gasteiger partial charge >= 0.3 is 17.9 Å². The molecule has 0 aromatic rings. The maximum Gasteiger partial charge on any atom is 0.449 e. The third-order valence-electron chi connectivity index (χ3n) is 2.24. The van der Waals surface area contributed by atoms with Gasteiger partial charge < -0.3 is 14.6 Å². The maximum absolute atomic E-state index is 13.1. The molecule has 1 fully saturated rings. The fourth-order valence-electron chi connectivity index (χ4n) is 1.44. The van der Waals surface area contributed by atoms with Crippen molar-refractivity contribution in [3.05, 3.63) is 12.7 Å². The van der Waals surface area contributed by atoms with Gasteiger partial charge in [-0.3, -0.25) is 0 Å². The third-order valence-corrected chi connectivity index (χ3v) is 2.24. The van der Waals surface area contributed by atoms with E-state index in [1.54, 1.807) is 0 Å². The SMILES string of the molecule is C=CCOCC1CC(F)(F)C(O)(C(F)(F)F)O1. The van der Waals surface area contributed by atoms with Crippen LogP contribution in [-0.4, -0.2) is 42.3 Å². The highest BCUT2D eigenvalue weighted by atomic mass is 19.4. The van der Waals surface area contributed by atoms with Gasteiger partial charge in [0.15, 0.2) is 0 Å². The van der Waals surface area contributed by atoms with Crippen LogP contribution in [0.2, 0.25) is 0 Å². The largest absolute Gasteiger partial charge is 0.449 e. The first-order chi connectivity index (χ1) is 7.64. The molecule has 2 unspecified atom stereocenters. The molecule has 3 nitrogen and oxygen atoms in total. The zero-order chi connectivity index (χ0) is 13.3. The standard InChI is InChI=1S/C9H11F5O3/c1-2-3-16-5-6-4-7(10,11)8(15,17-6)9(12,13)14/h2,6,15H,1,3-5H2. The van der Waals surface area contributed by atoms with E-state index >= 15 is 0 Å². The van der Waals surface area contributed by atoms with Crippen LogP contribution < -0.4 is 0 Å². The van der Waals surface area contributed by atoms with Crippen molar-refractivity contribution in [3.8, 4) is 0 Å². The van der Waals surface area contributed by atoms with E-state index in [-0.39, 0.29) is 6.61 Å². The second-order valence-electron chi connectivity index (χ2n) is 3.62. The Labute approximate surface area is 93.8 Å². The molecule has 8 heteroatoms. The second-order valence-corrected chi connectivity index (χ2v) is 3.62. The molecule has 2 atom stereocenters. The van der Waals surface area contributed by atoms with Gasteiger partial charge in [0, 0.05) is 6.42 Å². The first-order valence-corrected chi connectivity index (χ1v) is 4.67. The van der Waals surface area contributed by atoms with Gasteiger partial charge in [-0.2, -0.15) is 13.2 Å². The summed E-state index contributed by atoms with van der Waals surface area (Å²) in [7, 11) is 0. The quantitative estimate of drug-likeness (QED) is 0.477. The van der Waals surface area contributed by atoms with Gasteiger partial charge in [0.1, 0.15) is 0 Å². The highest BCUT2D eigenvalue weighted by Crippen LogP contribution is 2.50. The minimum Gasteiger partial charge on any atom is -0.375 e. The average Bonchev–Trinajstić information content (AvgIpc) is 2.37. The number of halogens is 5. The Hall–Kier alpha value is -0.730. The van der Waals surface area contributed by atoms with Crippen LogP contribution in [0.4, 0.5) is 22.0 Å². The van der Waals surface area contributed by atoms with E-state index in [0.717, 1.165) is 0 Å². The van der Waals surface area contributed by atoms with E-state index in [1.165, 1.54) is 6.08 Å². The minimum absolute atomic E-state index is 0.00409. The molecule has 0 aliphatic carbocycles. The summed E-state index contributed by atoms with van der Waals surface area (Å²) in [5.74, 6) is -8.84. The summed E-state index contributed by atoms with van der Waals surface area (Å²) in [5.41, 5.74) is 0. The van der Waals surface area contributed by atoms with Crippen LogP contribution >= 0.6 is 0 Å². The molecule has 0 amide bonds. The highest BCUT2D eigenvalue weighted by molar-refractivity contribution is 4.99.